The molecule has 0 aliphatic heterocycles. The maximum absolute atomic E-state index is 12.4. The maximum Gasteiger partial charge on any atom is 0.323 e. The largest absolute Gasteiger partial charge is 0.492 e. The number of ether oxygens (including phenoxy) is 2. The van der Waals surface area contributed by atoms with Crippen LogP contribution in [0, 0.1) is 20.8 Å². The summed E-state index contributed by atoms with van der Waals surface area (Å²) in [7, 11) is 0. The summed E-state index contributed by atoms with van der Waals surface area (Å²) in [5.41, 5.74) is 3.15. The number of anilines is 2. The fourth-order valence-electron chi connectivity index (χ4n) is 3.29. The van der Waals surface area contributed by atoms with Crippen molar-refractivity contribution in [3.8, 4) is 23.2 Å². The van der Waals surface area contributed by atoms with Crippen molar-refractivity contribution >= 4 is 17.4 Å². The summed E-state index contributed by atoms with van der Waals surface area (Å²) < 4.78 is 13.4. The predicted octanol–water partition coefficient (Wildman–Crippen LogP) is 5.42. The van der Waals surface area contributed by atoms with E-state index < -0.39 is 0 Å². The number of aryl methyl sites for hydroxylation is 2. The number of carbonyl (C=O) groups is 1. The van der Waals surface area contributed by atoms with E-state index in [2.05, 4.69) is 25.6 Å². The van der Waals surface area contributed by atoms with Gasteiger partial charge in [-0.15, -0.1) is 0 Å². The van der Waals surface area contributed by atoms with E-state index in [0.29, 0.717) is 47.0 Å². The van der Waals surface area contributed by atoms with Crippen LogP contribution >= 0.6 is 0 Å². The minimum absolute atomic E-state index is 0.372. The third-order valence-electron chi connectivity index (χ3n) is 5.07. The van der Waals surface area contributed by atoms with E-state index in [0.717, 1.165) is 11.4 Å². The number of benzene rings is 2. The Morgan fingerprint density at radius 3 is 2.47 bits per heavy atom. The molecule has 0 fully saturated rings. The Morgan fingerprint density at radius 2 is 1.76 bits per heavy atom. The molecule has 2 aromatic carbocycles. The highest BCUT2D eigenvalue weighted by Gasteiger charge is 2.11. The van der Waals surface area contributed by atoms with Gasteiger partial charge in [0.1, 0.15) is 29.5 Å². The molecule has 0 saturated heterocycles. The van der Waals surface area contributed by atoms with Crippen molar-refractivity contribution in [1.29, 1.82) is 0 Å². The number of rotatable bonds is 7. The molecule has 0 aliphatic rings. The van der Waals surface area contributed by atoms with E-state index in [1.165, 1.54) is 0 Å². The Labute approximate surface area is 197 Å². The first-order chi connectivity index (χ1) is 16.4. The van der Waals surface area contributed by atoms with E-state index >= 15 is 0 Å². The van der Waals surface area contributed by atoms with Gasteiger partial charge < -0.3 is 20.1 Å². The molecule has 34 heavy (non-hydrogen) atoms. The SMILES string of the molecule is CCOc1ccccc1NC(=O)Nc1ccc(Oc2cc(-n3cnc(C)c3C)nc(C)n2)cc1. The molecular formula is C25H26N6O3. The number of nitrogens with one attached hydrogen (secondary N) is 2. The minimum Gasteiger partial charge on any atom is -0.492 e. The lowest BCUT2D eigenvalue weighted by Gasteiger charge is -2.12. The van der Waals surface area contributed by atoms with Crippen molar-refractivity contribution in [3.63, 3.8) is 0 Å². The van der Waals surface area contributed by atoms with Crippen LogP contribution in [0.5, 0.6) is 17.4 Å². The van der Waals surface area contributed by atoms with Gasteiger partial charge in [-0.1, -0.05) is 12.1 Å². The highest BCUT2D eigenvalue weighted by molar-refractivity contribution is 6.00. The molecule has 0 unspecified atom stereocenters. The van der Waals surface area contributed by atoms with Crippen molar-refractivity contribution < 1.29 is 14.3 Å². The molecule has 2 N–H and O–H groups in total. The zero-order chi connectivity index (χ0) is 24.1. The topological polar surface area (TPSA) is 103 Å². The molecule has 9 nitrogen and oxygen atoms in total. The number of amides is 2. The molecule has 2 heterocycles. The Bertz CT molecular complexity index is 1300. The van der Waals surface area contributed by atoms with E-state index in [9.17, 15) is 4.79 Å². The van der Waals surface area contributed by atoms with Gasteiger partial charge in [-0.05, 0) is 64.1 Å². The minimum atomic E-state index is -0.372. The first kappa shape index (κ1) is 22.8. The molecule has 174 valence electrons. The summed E-state index contributed by atoms with van der Waals surface area (Å²) in [5, 5.41) is 5.60. The molecule has 4 rings (SSSR count). The van der Waals surface area contributed by atoms with Gasteiger partial charge in [0.25, 0.3) is 0 Å². The average Bonchev–Trinajstić information content (AvgIpc) is 3.14. The van der Waals surface area contributed by atoms with E-state index in [4.69, 9.17) is 9.47 Å². The maximum atomic E-state index is 12.4. The van der Waals surface area contributed by atoms with Crippen LogP contribution in [0.25, 0.3) is 5.82 Å². The van der Waals surface area contributed by atoms with Crippen LogP contribution in [-0.4, -0.2) is 32.2 Å². The quantitative estimate of drug-likeness (QED) is 0.383. The van der Waals surface area contributed by atoms with Crippen LogP contribution in [-0.2, 0) is 0 Å². The van der Waals surface area contributed by atoms with Gasteiger partial charge in [-0.25, -0.2) is 14.8 Å². The smallest absolute Gasteiger partial charge is 0.323 e. The Morgan fingerprint density at radius 1 is 1.00 bits per heavy atom. The molecular weight excluding hydrogens is 432 g/mol. The Hall–Kier alpha value is -4.40. The van der Waals surface area contributed by atoms with Crippen molar-refractivity contribution in [2.45, 2.75) is 27.7 Å². The molecule has 4 aromatic rings. The van der Waals surface area contributed by atoms with Gasteiger partial charge in [0.05, 0.1) is 18.0 Å². The molecule has 0 bridgehead atoms. The summed E-state index contributed by atoms with van der Waals surface area (Å²) in [6.07, 6.45) is 1.73. The first-order valence-corrected chi connectivity index (χ1v) is 10.9. The fourth-order valence-corrected chi connectivity index (χ4v) is 3.29. The molecule has 2 amide bonds. The van der Waals surface area contributed by atoms with E-state index in [-0.39, 0.29) is 6.03 Å². The molecule has 0 aliphatic carbocycles. The molecule has 0 radical (unpaired) electrons. The highest BCUT2D eigenvalue weighted by atomic mass is 16.5. The number of imidazole rings is 1. The number of hydrogen-bond donors (Lipinski definition) is 2. The lowest BCUT2D eigenvalue weighted by Crippen LogP contribution is -2.19. The van der Waals surface area contributed by atoms with E-state index in [1.807, 2.05) is 44.4 Å². The highest BCUT2D eigenvalue weighted by Crippen LogP contribution is 2.26. The lowest BCUT2D eigenvalue weighted by atomic mass is 10.3. The van der Waals surface area contributed by atoms with Gasteiger partial charge in [-0.2, -0.15) is 4.98 Å². The third-order valence-corrected chi connectivity index (χ3v) is 5.07. The number of hydrogen-bond acceptors (Lipinski definition) is 6. The predicted molar refractivity (Wildman–Crippen MR) is 130 cm³/mol. The van der Waals surface area contributed by atoms with Gasteiger partial charge >= 0.3 is 6.03 Å². The number of para-hydroxylation sites is 2. The first-order valence-electron chi connectivity index (χ1n) is 10.9. The molecule has 0 atom stereocenters. The van der Waals surface area contributed by atoms with Crippen molar-refractivity contribution in [2.24, 2.45) is 0 Å². The second-order valence-electron chi connectivity index (χ2n) is 7.53. The summed E-state index contributed by atoms with van der Waals surface area (Å²) in [6, 6.07) is 15.7. The Kier molecular flexibility index (Phi) is 6.72. The van der Waals surface area contributed by atoms with Crippen molar-refractivity contribution in [2.75, 3.05) is 17.2 Å². The van der Waals surface area contributed by atoms with Gasteiger partial charge in [0, 0.05) is 17.4 Å². The lowest BCUT2D eigenvalue weighted by molar-refractivity contribution is 0.262. The zero-order valence-corrected chi connectivity index (χ0v) is 19.5. The average molecular weight is 459 g/mol. The van der Waals surface area contributed by atoms with Crippen molar-refractivity contribution in [1.82, 2.24) is 19.5 Å². The molecule has 0 saturated carbocycles. The van der Waals surface area contributed by atoms with Crippen LogP contribution in [0.4, 0.5) is 16.2 Å². The van der Waals surface area contributed by atoms with Crippen LogP contribution < -0.4 is 20.1 Å². The molecule has 9 heteroatoms. The Balaban J connectivity index is 1.42. The summed E-state index contributed by atoms with van der Waals surface area (Å²) in [4.78, 5) is 25.6. The number of urea groups is 1. The van der Waals surface area contributed by atoms with Gasteiger partial charge in [0.2, 0.25) is 5.88 Å². The second-order valence-corrected chi connectivity index (χ2v) is 7.53. The van der Waals surface area contributed by atoms with Crippen LogP contribution in [0.15, 0.2) is 60.9 Å². The van der Waals surface area contributed by atoms with Crippen LogP contribution in [0.3, 0.4) is 0 Å². The third kappa shape index (κ3) is 5.32. The standard InChI is InChI=1S/C25H26N6O3/c1-5-33-22-9-7-6-8-21(22)30-25(32)29-19-10-12-20(13-11-19)34-24-14-23(27-18(4)28-24)31-15-26-16(2)17(31)3/h6-15H,5H2,1-4H3,(H2,29,30,32). The summed E-state index contributed by atoms with van der Waals surface area (Å²) >= 11 is 0. The number of carbonyl (C=O) groups excluding carboxylic acids is 1. The summed E-state index contributed by atoms with van der Waals surface area (Å²) in [6.45, 7) is 8.15. The van der Waals surface area contributed by atoms with Crippen molar-refractivity contribution in [3.05, 3.63) is 78.1 Å². The number of aromatic nitrogens is 4. The van der Waals surface area contributed by atoms with E-state index in [1.54, 1.807) is 48.8 Å². The van der Waals surface area contributed by atoms with Crippen LogP contribution in [0.2, 0.25) is 0 Å². The number of nitrogens with zero attached hydrogens (tertiary/aromatic N) is 4. The second kappa shape index (κ2) is 10.0. The van der Waals surface area contributed by atoms with Gasteiger partial charge in [0.15, 0.2) is 0 Å². The monoisotopic (exact) mass is 458 g/mol. The normalized spacial score (nSPS) is 10.6. The molecule has 0 spiro atoms. The van der Waals surface area contributed by atoms with Crippen LogP contribution in [0.1, 0.15) is 24.1 Å². The molecule has 2 aromatic heterocycles. The zero-order valence-electron chi connectivity index (χ0n) is 19.5. The van der Waals surface area contributed by atoms with Gasteiger partial charge in [-0.3, -0.25) is 4.57 Å². The summed E-state index contributed by atoms with van der Waals surface area (Å²) in [5.74, 6) is 2.88. The fraction of sp³-hybridized carbons (Fsp3) is 0.200.